The standard InChI is InChI=1S/C15H28N4O.ClH/c1-13-2-7-18(8-3-13)15(20)19-9-4-14(12-19)17-10-5-16-6-11-17;/h13-14,16H,2-12H2,1H3;1H. The molecule has 0 radical (unpaired) electrons. The molecule has 5 nitrogen and oxygen atoms in total. The third-order valence-electron chi connectivity index (χ3n) is 5.16. The number of piperidine rings is 1. The molecule has 0 aromatic heterocycles. The smallest absolute Gasteiger partial charge is 0.320 e. The van der Waals surface area contributed by atoms with Crippen molar-refractivity contribution in [1.82, 2.24) is 20.0 Å². The number of urea groups is 1. The topological polar surface area (TPSA) is 38.8 Å². The van der Waals surface area contributed by atoms with Crippen molar-refractivity contribution in [3.05, 3.63) is 0 Å². The van der Waals surface area contributed by atoms with Gasteiger partial charge in [-0.05, 0) is 25.2 Å². The molecule has 0 spiro atoms. The number of rotatable bonds is 1. The molecule has 0 saturated carbocycles. The highest BCUT2D eigenvalue weighted by Gasteiger charge is 2.33. The molecule has 1 N–H and O–H groups in total. The van der Waals surface area contributed by atoms with Gasteiger partial charge in [0.25, 0.3) is 0 Å². The maximum absolute atomic E-state index is 12.6. The lowest BCUT2D eigenvalue weighted by Crippen LogP contribution is -2.50. The van der Waals surface area contributed by atoms with Gasteiger partial charge in [0.2, 0.25) is 0 Å². The molecular weight excluding hydrogens is 288 g/mol. The number of nitrogens with one attached hydrogen (secondary N) is 1. The fourth-order valence-corrected chi connectivity index (χ4v) is 3.66. The summed E-state index contributed by atoms with van der Waals surface area (Å²) in [6.07, 6.45) is 3.48. The summed E-state index contributed by atoms with van der Waals surface area (Å²) in [5, 5.41) is 3.40. The van der Waals surface area contributed by atoms with Crippen LogP contribution in [0.5, 0.6) is 0 Å². The van der Waals surface area contributed by atoms with Crippen LogP contribution in [-0.2, 0) is 0 Å². The Morgan fingerprint density at radius 3 is 2.24 bits per heavy atom. The molecule has 3 aliphatic rings. The van der Waals surface area contributed by atoms with E-state index in [1.165, 1.54) is 12.8 Å². The molecule has 122 valence electrons. The Morgan fingerprint density at radius 1 is 0.952 bits per heavy atom. The van der Waals surface area contributed by atoms with Crippen LogP contribution in [0, 0.1) is 5.92 Å². The van der Waals surface area contributed by atoms with Crippen molar-refractivity contribution in [2.24, 2.45) is 5.92 Å². The van der Waals surface area contributed by atoms with Crippen LogP contribution in [0.2, 0.25) is 0 Å². The molecule has 2 amide bonds. The van der Waals surface area contributed by atoms with Crippen LogP contribution < -0.4 is 5.32 Å². The fraction of sp³-hybridized carbons (Fsp3) is 0.933. The lowest BCUT2D eigenvalue weighted by molar-refractivity contribution is 0.134. The minimum atomic E-state index is 0. The molecule has 0 aromatic carbocycles. The third-order valence-corrected chi connectivity index (χ3v) is 5.16. The summed E-state index contributed by atoms with van der Waals surface area (Å²) in [6, 6.07) is 0.874. The molecule has 0 bridgehead atoms. The number of piperazine rings is 1. The normalized spacial score (nSPS) is 28.5. The molecule has 3 saturated heterocycles. The summed E-state index contributed by atoms with van der Waals surface area (Å²) in [6.45, 7) is 10.5. The first-order chi connectivity index (χ1) is 9.74. The highest BCUT2D eigenvalue weighted by atomic mass is 35.5. The van der Waals surface area contributed by atoms with Gasteiger partial charge in [-0.15, -0.1) is 12.4 Å². The molecule has 3 fully saturated rings. The molecule has 21 heavy (non-hydrogen) atoms. The molecule has 0 aliphatic carbocycles. The Hall–Kier alpha value is -0.520. The van der Waals surface area contributed by atoms with E-state index >= 15 is 0 Å². The second-order valence-electron chi connectivity index (χ2n) is 6.63. The first-order valence-corrected chi connectivity index (χ1v) is 8.22. The Labute approximate surface area is 134 Å². The van der Waals surface area contributed by atoms with Crippen molar-refractivity contribution < 1.29 is 4.79 Å². The second-order valence-corrected chi connectivity index (χ2v) is 6.63. The minimum absolute atomic E-state index is 0. The van der Waals surface area contributed by atoms with E-state index in [4.69, 9.17) is 0 Å². The lowest BCUT2D eigenvalue weighted by atomic mass is 10.00. The molecule has 1 atom stereocenters. The SMILES string of the molecule is CC1CCN(C(=O)N2CCC(N3CCNCC3)C2)CC1.Cl. The van der Waals surface area contributed by atoms with E-state index in [1.54, 1.807) is 0 Å². The predicted molar refractivity (Wildman–Crippen MR) is 87.0 cm³/mol. The number of nitrogens with zero attached hydrogens (tertiary/aromatic N) is 3. The van der Waals surface area contributed by atoms with Crippen LogP contribution >= 0.6 is 12.4 Å². The fourth-order valence-electron chi connectivity index (χ4n) is 3.66. The van der Waals surface area contributed by atoms with Crippen molar-refractivity contribution >= 4 is 18.4 Å². The minimum Gasteiger partial charge on any atom is -0.325 e. The highest BCUT2D eigenvalue weighted by molar-refractivity contribution is 5.85. The number of carbonyl (C=O) groups is 1. The summed E-state index contributed by atoms with van der Waals surface area (Å²) < 4.78 is 0. The summed E-state index contributed by atoms with van der Waals surface area (Å²) in [7, 11) is 0. The van der Waals surface area contributed by atoms with Crippen molar-refractivity contribution in [3.8, 4) is 0 Å². The van der Waals surface area contributed by atoms with Gasteiger partial charge in [0.15, 0.2) is 0 Å². The molecular formula is C15H29ClN4O. The number of carbonyl (C=O) groups excluding carboxylic acids is 1. The molecule has 6 heteroatoms. The second kappa shape index (κ2) is 7.65. The van der Waals surface area contributed by atoms with Crippen LogP contribution in [0.3, 0.4) is 0 Å². The van der Waals surface area contributed by atoms with Gasteiger partial charge >= 0.3 is 6.03 Å². The Morgan fingerprint density at radius 2 is 1.57 bits per heavy atom. The molecule has 3 heterocycles. The van der Waals surface area contributed by atoms with Crippen molar-refractivity contribution in [2.75, 3.05) is 52.4 Å². The van der Waals surface area contributed by atoms with E-state index < -0.39 is 0 Å². The van der Waals surface area contributed by atoms with E-state index in [2.05, 4.69) is 26.9 Å². The first kappa shape index (κ1) is 16.8. The van der Waals surface area contributed by atoms with Crippen LogP contribution in [0.25, 0.3) is 0 Å². The molecule has 3 aliphatic heterocycles. The summed E-state index contributed by atoms with van der Waals surface area (Å²) in [5.74, 6) is 0.784. The van der Waals surface area contributed by atoms with Gasteiger partial charge in [-0.2, -0.15) is 0 Å². The van der Waals surface area contributed by atoms with Gasteiger partial charge in [0.05, 0.1) is 0 Å². The van der Waals surface area contributed by atoms with Gasteiger partial charge in [-0.3, -0.25) is 4.90 Å². The van der Waals surface area contributed by atoms with Gasteiger partial charge < -0.3 is 15.1 Å². The van der Waals surface area contributed by atoms with Gasteiger partial charge in [-0.1, -0.05) is 6.92 Å². The third kappa shape index (κ3) is 4.02. The Bertz CT molecular complexity index is 341. The van der Waals surface area contributed by atoms with E-state index in [0.717, 1.165) is 64.7 Å². The van der Waals surface area contributed by atoms with Crippen LogP contribution in [0.15, 0.2) is 0 Å². The number of hydrogen-bond donors (Lipinski definition) is 1. The molecule has 1 unspecified atom stereocenters. The molecule has 3 rings (SSSR count). The average molecular weight is 317 g/mol. The van der Waals surface area contributed by atoms with Crippen LogP contribution in [-0.4, -0.2) is 79.1 Å². The lowest BCUT2D eigenvalue weighted by Gasteiger charge is -2.35. The quantitative estimate of drug-likeness (QED) is 0.791. The van der Waals surface area contributed by atoms with Gasteiger partial charge in [0, 0.05) is 58.4 Å². The molecule has 0 aromatic rings. The zero-order chi connectivity index (χ0) is 13.9. The maximum atomic E-state index is 12.6. The van der Waals surface area contributed by atoms with E-state index in [1.807, 2.05) is 0 Å². The van der Waals surface area contributed by atoms with Crippen molar-refractivity contribution in [3.63, 3.8) is 0 Å². The zero-order valence-corrected chi connectivity index (χ0v) is 13.9. The van der Waals surface area contributed by atoms with Gasteiger partial charge in [-0.25, -0.2) is 4.79 Å². The Kier molecular flexibility index (Phi) is 6.14. The summed E-state index contributed by atoms with van der Waals surface area (Å²) >= 11 is 0. The monoisotopic (exact) mass is 316 g/mol. The predicted octanol–water partition coefficient (Wildman–Crippen LogP) is 1.24. The van der Waals surface area contributed by atoms with Crippen LogP contribution in [0.1, 0.15) is 26.2 Å². The summed E-state index contributed by atoms with van der Waals surface area (Å²) in [4.78, 5) is 19.3. The van der Waals surface area contributed by atoms with Crippen molar-refractivity contribution in [1.29, 1.82) is 0 Å². The largest absolute Gasteiger partial charge is 0.325 e. The zero-order valence-electron chi connectivity index (χ0n) is 13.1. The van der Waals surface area contributed by atoms with Crippen LogP contribution in [0.4, 0.5) is 4.79 Å². The van der Waals surface area contributed by atoms with E-state index in [9.17, 15) is 4.79 Å². The first-order valence-electron chi connectivity index (χ1n) is 8.22. The van der Waals surface area contributed by atoms with E-state index in [-0.39, 0.29) is 18.4 Å². The average Bonchev–Trinajstić information content (AvgIpc) is 2.98. The number of likely N-dealkylation sites (tertiary alicyclic amines) is 2. The number of hydrogen-bond acceptors (Lipinski definition) is 3. The van der Waals surface area contributed by atoms with Crippen molar-refractivity contribution in [2.45, 2.75) is 32.2 Å². The number of halogens is 1. The van der Waals surface area contributed by atoms with E-state index in [0.29, 0.717) is 6.04 Å². The van der Waals surface area contributed by atoms with Gasteiger partial charge in [0.1, 0.15) is 0 Å². The highest BCUT2D eigenvalue weighted by Crippen LogP contribution is 2.21. The Balaban J connectivity index is 0.00000161. The number of amides is 2. The summed E-state index contributed by atoms with van der Waals surface area (Å²) in [5.41, 5.74) is 0. The maximum Gasteiger partial charge on any atom is 0.320 e.